The number of nitrogens with one attached hydrogen (secondary N) is 1. The van der Waals surface area contributed by atoms with Crippen molar-refractivity contribution in [1.82, 2.24) is 20.2 Å². The van der Waals surface area contributed by atoms with Crippen LogP contribution in [0.25, 0.3) is 0 Å². The average Bonchev–Trinajstić information content (AvgIpc) is 2.32. The highest BCUT2D eigenvalue weighted by Gasteiger charge is 2.24. The quantitative estimate of drug-likeness (QED) is 0.857. The van der Waals surface area contributed by atoms with Crippen molar-refractivity contribution < 1.29 is 0 Å². The van der Waals surface area contributed by atoms with Crippen molar-refractivity contribution >= 4 is 0 Å². The molecule has 1 aliphatic rings. The zero-order valence-electron chi connectivity index (χ0n) is 11.0. The first-order valence-electron chi connectivity index (χ1n) is 6.44. The van der Waals surface area contributed by atoms with Gasteiger partial charge in [-0.25, -0.2) is 0 Å². The number of nitrogens with zero attached hydrogens (tertiary/aromatic N) is 3. The molecule has 0 amide bonds. The van der Waals surface area contributed by atoms with E-state index >= 15 is 0 Å². The van der Waals surface area contributed by atoms with Gasteiger partial charge in [0.2, 0.25) is 0 Å². The Morgan fingerprint density at radius 3 is 2.88 bits per heavy atom. The van der Waals surface area contributed by atoms with E-state index < -0.39 is 0 Å². The zero-order valence-corrected chi connectivity index (χ0v) is 11.0. The van der Waals surface area contributed by atoms with Crippen LogP contribution in [0.2, 0.25) is 0 Å². The van der Waals surface area contributed by atoms with Crippen LogP contribution in [0.1, 0.15) is 31.7 Å². The van der Waals surface area contributed by atoms with Gasteiger partial charge in [0.25, 0.3) is 0 Å². The SMILES string of the molecule is CCC1CNC(C)CN1Cc1cnc(C)cn1. The van der Waals surface area contributed by atoms with Crippen LogP contribution in [0.3, 0.4) is 0 Å². The molecule has 1 aliphatic heterocycles. The van der Waals surface area contributed by atoms with Gasteiger partial charge in [-0.15, -0.1) is 0 Å². The zero-order chi connectivity index (χ0) is 12.3. The van der Waals surface area contributed by atoms with E-state index in [-0.39, 0.29) is 0 Å². The van der Waals surface area contributed by atoms with Crippen molar-refractivity contribution in [2.24, 2.45) is 0 Å². The molecular weight excluding hydrogens is 212 g/mol. The molecule has 0 bridgehead atoms. The largest absolute Gasteiger partial charge is 0.311 e. The minimum atomic E-state index is 0.566. The summed E-state index contributed by atoms with van der Waals surface area (Å²) in [6, 6.07) is 1.19. The van der Waals surface area contributed by atoms with Gasteiger partial charge in [-0.05, 0) is 20.3 Å². The highest BCUT2D eigenvalue weighted by Crippen LogP contribution is 2.13. The summed E-state index contributed by atoms with van der Waals surface area (Å²) in [5, 5.41) is 3.53. The lowest BCUT2D eigenvalue weighted by Gasteiger charge is -2.38. The third-order valence-corrected chi connectivity index (χ3v) is 3.40. The highest BCUT2D eigenvalue weighted by molar-refractivity contribution is 5.01. The lowest BCUT2D eigenvalue weighted by Crippen LogP contribution is -2.54. The molecule has 0 aromatic carbocycles. The van der Waals surface area contributed by atoms with Crippen LogP contribution in [0, 0.1) is 6.92 Å². The number of hydrogen-bond donors (Lipinski definition) is 1. The van der Waals surface area contributed by atoms with E-state index in [0.717, 1.165) is 31.0 Å². The topological polar surface area (TPSA) is 41.0 Å². The van der Waals surface area contributed by atoms with Gasteiger partial charge in [0.15, 0.2) is 0 Å². The standard InChI is InChI=1S/C13H22N4/c1-4-13-7-15-11(3)8-17(13)9-12-6-14-10(2)5-16-12/h5-6,11,13,15H,4,7-9H2,1-3H3. The van der Waals surface area contributed by atoms with Crippen LogP contribution < -0.4 is 5.32 Å². The molecule has 1 aromatic heterocycles. The van der Waals surface area contributed by atoms with Crippen LogP contribution in [0.15, 0.2) is 12.4 Å². The normalized spacial score (nSPS) is 26.1. The Morgan fingerprint density at radius 2 is 2.24 bits per heavy atom. The third-order valence-electron chi connectivity index (χ3n) is 3.40. The molecule has 94 valence electrons. The van der Waals surface area contributed by atoms with Gasteiger partial charge in [-0.2, -0.15) is 0 Å². The van der Waals surface area contributed by atoms with E-state index in [9.17, 15) is 0 Å². The molecule has 2 atom stereocenters. The summed E-state index contributed by atoms with van der Waals surface area (Å²) in [5.41, 5.74) is 2.05. The van der Waals surface area contributed by atoms with E-state index in [1.807, 2.05) is 19.3 Å². The third kappa shape index (κ3) is 3.23. The van der Waals surface area contributed by atoms with E-state index in [2.05, 4.69) is 34.0 Å². The summed E-state index contributed by atoms with van der Waals surface area (Å²) in [6.07, 6.45) is 4.93. The maximum absolute atomic E-state index is 4.44. The second-order valence-corrected chi connectivity index (χ2v) is 4.95. The molecule has 0 aliphatic carbocycles. The molecule has 17 heavy (non-hydrogen) atoms. The van der Waals surface area contributed by atoms with Gasteiger partial charge in [0.05, 0.1) is 11.4 Å². The summed E-state index contributed by atoms with van der Waals surface area (Å²) in [6.45, 7) is 9.54. The minimum Gasteiger partial charge on any atom is -0.311 e. The fourth-order valence-electron chi connectivity index (χ4n) is 2.34. The van der Waals surface area contributed by atoms with Gasteiger partial charge in [-0.3, -0.25) is 14.9 Å². The number of rotatable bonds is 3. The molecule has 4 nitrogen and oxygen atoms in total. The molecule has 2 rings (SSSR count). The maximum atomic E-state index is 4.44. The molecule has 0 spiro atoms. The van der Waals surface area contributed by atoms with Crippen molar-refractivity contribution in [2.45, 2.75) is 45.8 Å². The highest BCUT2D eigenvalue weighted by atomic mass is 15.2. The fraction of sp³-hybridized carbons (Fsp3) is 0.692. The van der Waals surface area contributed by atoms with Crippen LogP contribution in [-0.2, 0) is 6.54 Å². The van der Waals surface area contributed by atoms with E-state index in [4.69, 9.17) is 0 Å². The second-order valence-electron chi connectivity index (χ2n) is 4.95. The van der Waals surface area contributed by atoms with Crippen LogP contribution in [0.5, 0.6) is 0 Å². The summed E-state index contributed by atoms with van der Waals surface area (Å²) in [5.74, 6) is 0. The van der Waals surface area contributed by atoms with E-state index in [1.54, 1.807) is 0 Å². The predicted molar refractivity (Wildman–Crippen MR) is 68.7 cm³/mol. The Hall–Kier alpha value is -1.00. The maximum Gasteiger partial charge on any atom is 0.0727 e. The lowest BCUT2D eigenvalue weighted by atomic mass is 10.1. The first-order valence-corrected chi connectivity index (χ1v) is 6.44. The lowest BCUT2D eigenvalue weighted by molar-refractivity contribution is 0.122. The Bertz CT molecular complexity index is 349. The summed E-state index contributed by atoms with van der Waals surface area (Å²) < 4.78 is 0. The molecule has 2 unspecified atom stereocenters. The fourth-order valence-corrected chi connectivity index (χ4v) is 2.34. The smallest absolute Gasteiger partial charge is 0.0727 e. The summed E-state index contributed by atoms with van der Waals surface area (Å²) in [7, 11) is 0. The van der Waals surface area contributed by atoms with Gasteiger partial charge >= 0.3 is 0 Å². The van der Waals surface area contributed by atoms with Crippen molar-refractivity contribution in [3.63, 3.8) is 0 Å². The second kappa shape index (κ2) is 5.56. The van der Waals surface area contributed by atoms with Gasteiger partial charge < -0.3 is 5.32 Å². The Balaban J connectivity index is 2.02. The number of piperazine rings is 1. The van der Waals surface area contributed by atoms with Gasteiger partial charge in [-0.1, -0.05) is 6.92 Å². The molecule has 0 radical (unpaired) electrons. The molecule has 4 heteroatoms. The van der Waals surface area contributed by atoms with Gasteiger partial charge in [0.1, 0.15) is 0 Å². The van der Waals surface area contributed by atoms with Crippen molar-refractivity contribution in [3.8, 4) is 0 Å². The summed E-state index contributed by atoms with van der Waals surface area (Å²) >= 11 is 0. The van der Waals surface area contributed by atoms with Crippen LogP contribution in [0.4, 0.5) is 0 Å². The molecule has 2 heterocycles. The Labute approximate surface area is 103 Å². The minimum absolute atomic E-state index is 0.566. The summed E-state index contributed by atoms with van der Waals surface area (Å²) in [4.78, 5) is 11.3. The molecular formula is C13H22N4. The van der Waals surface area contributed by atoms with E-state index in [1.165, 1.54) is 6.42 Å². The molecule has 0 saturated carbocycles. The average molecular weight is 234 g/mol. The first kappa shape index (κ1) is 12.5. The van der Waals surface area contributed by atoms with E-state index in [0.29, 0.717) is 12.1 Å². The predicted octanol–water partition coefficient (Wildman–Crippen LogP) is 1.36. The van der Waals surface area contributed by atoms with Crippen LogP contribution in [-0.4, -0.2) is 40.0 Å². The Kier molecular flexibility index (Phi) is 4.07. The van der Waals surface area contributed by atoms with Crippen molar-refractivity contribution in [2.75, 3.05) is 13.1 Å². The molecule has 1 N–H and O–H groups in total. The number of aryl methyl sites for hydroxylation is 1. The molecule has 1 saturated heterocycles. The monoisotopic (exact) mass is 234 g/mol. The number of hydrogen-bond acceptors (Lipinski definition) is 4. The van der Waals surface area contributed by atoms with Crippen molar-refractivity contribution in [1.29, 1.82) is 0 Å². The van der Waals surface area contributed by atoms with Crippen LogP contribution >= 0.6 is 0 Å². The van der Waals surface area contributed by atoms with Gasteiger partial charge in [0, 0.05) is 44.1 Å². The first-order chi connectivity index (χ1) is 8.19. The molecule has 1 aromatic rings. The van der Waals surface area contributed by atoms with Crippen molar-refractivity contribution in [3.05, 3.63) is 23.8 Å². The molecule has 1 fully saturated rings. The number of aromatic nitrogens is 2. The Morgan fingerprint density at radius 1 is 1.41 bits per heavy atom.